The number of fused-ring (bicyclic) bond motifs is 1. The van der Waals surface area contributed by atoms with E-state index in [4.69, 9.17) is 0 Å². The maximum absolute atomic E-state index is 2.46. The Balaban J connectivity index is 1.77. The van der Waals surface area contributed by atoms with E-state index in [-0.39, 0.29) is 0 Å². The van der Waals surface area contributed by atoms with E-state index in [9.17, 15) is 0 Å². The first-order valence-corrected chi connectivity index (χ1v) is 8.04. The van der Waals surface area contributed by atoms with Crippen LogP contribution in [0.1, 0.15) is 66.7 Å². The second-order valence-electron chi connectivity index (χ2n) is 7.41. The van der Waals surface area contributed by atoms with E-state index in [1.165, 1.54) is 31.1 Å². The van der Waals surface area contributed by atoms with Crippen molar-refractivity contribution in [2.75, 3.05) is 0 Å². The molecule has 0 aromatic heterocycles. The lowest BCUT2D eigenvalue weighted by atomic mass is 9.68. The minimum absolute atomic E-state index is 0.908. The van der Waals surface area contributed by atoms with E-state index in [2.05, 4.69) is 34.6 Å². The van der Waals surface area contributed by atoms with E-state index >= 15 is 0 Å². The second kappa shape index (κ2) is 5.33. The minimum atomic E-state index is 0.908. The standard InChI is InChI=1S/C17H32/c1-6-12(4)13(5)7-8-15(11(2)3)17-10-14-9-16(14)17/h11-17H,6-10H2,1-5H3. The van der Waals surface area contributed by atoms with Gasteiger partial charge < -0.3 is 0 Å². The molecule has 0 amide bonds. The van der Waals surface area contributed by atoms with Gasteiger partial charge in [-0.3, -0.25) is 0 Å². The van der Waals surface area contributed by atoms with E-state index in [1.54, 1.807) is 12.8 Å². The Labute approximate surface area is 109 Å². The van der Waals surface area contributed by atoms with Crippen molar-refractivity contribution in [2.24, 2.45) is 41.4 Å². The molecule has 0 radical (unpaired) electrons. The summed E-state index contributed by atoms with van der Waals surface area (Å²) in [6.45, 7) is 12.1. The molecule has 2 saturated carbocycles. The molecule has 0 aliphatic heterocycles. The van der Waals surface area contributed by atoms with Crippen LogP contribution in [0, 0.1) is 41.4 Å². The van der Waals surface area contributed by atoms with Gasteiger partial charge >= 0.3 is 0 Å². The Morgan fingerprint density at radius 2 is 1.65 bits per heavy atom. The Hall–Kier alpha value is 0. The molecule has 0 saturated heterocycles. The monoisotopic (exact) mass is 236 g/mol. The Bertz CT molecular complexity index is 242. The summed E-state index contributed by atoms with van der Waals surface area (Å²) in [6, 6.07) is 0. The van der Waals surface area contributed by atoms with Crippen LogP contribution in [-0.4, -0.2) is 0 Å². The van der Waals surface area contributed by atoms with Crippen molar-refractivity contribution in [1.82, 2.24) is 0 Å². The first-order valence-electron chi connectivity index (χ1n) is 8.04. The fourth-order valence-electron chi connectivity index (χ4n) is 4.07. The zero-order valence-corrected chi connectivity index (χ0v) is 12.6. The van der Waals surface area contributed by atoms with Crippen LogP contribution < -0.4 is 0 Å². The lowest BCUT2D eigenvalue weighted by Crippen LogP contribution is -2.29. The van der Waals surface area contributed by atoms with Crippen LogP contribution in [0.4, 0.5) is 0 Å². The molecule has 17 heavy (non-hydrogen) atoms. The molecule has 0 heterocycles. The molecule has 0 heteroatoms. The summed E-state index contributed by atoms with van der Waals surface area (Å²) in [7, 11) is 0. The third-order valence-electron chi connectivity index (χ3n) is 6.08. The molecular weight excluding hydrogens is 204 g/mol. The predicted octanol–water partition coefficient (Wildman–Crippen LogP) is 5.38. The van der Waals surface area contributed by atoms with E-state index < -0.39 is 0 Å². The first-order chi connectivity index (χ1) is 8.04. The third kappa shape index (κ3) is 2.88. The minimum Gasteiger partial charge on any atom is -0.0651 e. The largest absolute Gasteiger partial charge is 0.0651 e. The molecule has 6 atom stereocenters. The highest BCUT2D eigenvalue weighted by molar-refractivity contribution is 5.04. The van der Waals surface area contributed by atoms with Crippen LogP contribution in [0.25, 0.3) is 0 Å². The SMILES string of the molecule is CCC(C)C(C)CCC(C(C)C)C1CC2CC21. The third-order valence-corrected chi connectivity index (χ3v) is 6.08. The number of rotatable bonds is 7. The quantitative estimate of drug-likeness (QED) is 0.557. The maximum Gasteiger partial charge on any atom is -0.0349 e. The molecule has 0 N–H and O–H groups in total. The van der Waals surface area contributed by atoms with Gasteiger partial charge in [-0.1, -0.05) is 47.5 Å². The van der Waals surface area contributed by atoms with Gasteiger partial charge in [0.2, 0.25) is 0 Å². The lowest BCUT2D eigenvalue weighted by molar-refractivity contribution is 0.124. The van der Waals surface area contributed by atoms with E-state index in [1.807, 2.05) is 0 Å². The molecule has 100 valence electrons. The highest BCUT2D eigenvalue weighted by atomic mass is 14.6. The number of hydrogen-bond acceptors (Lipinski definition) is 0. The van der Waals surface area contributed by atoms with Crippen LogP contribution in [0.15, 0.2) is 0 Å². The summed E-state index contributed by atoms with van der Waals surface area (Å²) in [5, 5.41) is 0. The average Bonchev–Trinajstić information content (AvgIpc) is 2.92. The van der Waals surface area contributed by atoms with Crippen molar-refractivity contribution < 1.29 is 0 Å². The maximum atomic E-state index is 2.46. The topological polar surface area (TPSA) is 0 Å². The Morgan fingerprint density at radius 1 is 0.941 bits per heavy atom. The van der Waals surface area contributed by atoms with Gasteiger partial charge in [0, 0.05) is 0 Å². The van der Waals surface area contributed by atoms with Crippen molar-refractivity contribution in [1.29, 1.82) is 0 Å². The molecule has 2 rings (SSSR count). The fourth-order valence-corrected chi connectivity index (χ4v) is 4.07. The number of hydrogen-bond donors (Lipinski definition) is 0. The summed E-state index contributed by atoms with van der Waals surface area (Å²) in [5.41, 5.74) is 0. The van der Waals surface area contributed by atoms with Crippen LogP contribution in [-0.2, 0) is 0 Å². The second-order valence-corrected chi connectivity index (χ2v) is 7.41. The van der Waals surface area contributed by atoms with Gasteiger partial charge in [-0.15, -0.1) is 0 Å². The van der Waals surface area contributed by atoms with Crippen molar-refractivity contribution in [2.45, 2.75) is 66.7 Å². The highest BCUT2D eigenvalue weighted by Crippen LogP contribution is 2.63. The molecule has 0 nitrogen and oxygen atoms in total. The molecule has 0 aromatic rings. The van der Waals surface area contributed by atoms with Gasteiger partial charge in [-0.25, -0.2) is 0 Å². The molecule has 0 spiro atoms. The molecule has 6 unspecified atom stereocenters. The smallest absolute Gasteiger partial charge is 0.0349 e. The average molecular weight is 236 g/mol. The molecule has 0 bridgehead atoms. The van der Waals surface area contributed by atoms with Gasteiger partial charge in [-0.05, 0) is 60.7 Å². The van der Waals surface area contributed by atoms with Crippen molar-refractivity contribution in [3.63, 3.8) is 0 Å². The summed E-state index contributed by atoms with van der Waals surface area (Å²) < 4.78 is 0. The van der Waals surface area contributed by atoms with Gasteiger partial charge in [0.1, 0.15) is 0 Å². The Morgan fingerprint density at radius 3 is 2.06 bits per heavy atom. The van der Waals surface area contributed by atoms with Crippen LogP contribution in [0.3, 0.4) is 0 Å². The van der Waals surface area contributed by atoms with E-state index in [0.717, 1.165) is 29.6 Å². The predicted molar refractivity (Wildman–Crippen MR) is 75.9 cm³/mol. The van der Waals surface area contributed by atoms with Gasteiger partial charge in [0.15, 0.2) is 0 Å². The van der Waals surface area contributed by atoms with Crippen LogP contribution in [0.2, 0.25) is 0 Å². The zero-order valence-electron chi connectivity index (χ0n) is 12.6. The van der Waals surface area contributed by atoms with Crippen molar-refractivity contribution in [3.05, 3.63) is 0 Å². The highest BCUT2D eigenvalue weighted by Gasteiger charge is 2.55. The molecular formula is C17H32. The van der Waals surface area contributed by atoms with Gasteiger partial charge in [0.25, 0.3) is 0 Å². The Kier molecular flexibility index (Phi) is 4.21. The van der Waals surface area contributed by atoms with Crippen LogP contribution in [0.5, 0.6) is 0 Å². The normalized spacial score (nSPS) is 36.0. The van der Waals surface area contributed by atoms with E-state index in [0.29, 0.717) is 0 Å². The summed E-state index contributed by atoms with van der Waals surface area (Å²) in [4.78, 5) is 0. The summed E-state index contributed by atoms with van der Waals surface area (Å²) >= 11 is 0. The molecule has 2 aliphatic rings. The van der Waals surface area contributed by atoms with Crippen molar-refractivity contribution in [3.8, 4) is 0 Å². The molecule has 2 aliphatic carbocycles. The molecule has 2 fully saturated rings. The summed E-state index contributed by atoms with van der Waals surface area (Å²) in [5.74, 6) is 7.24. The van der Waals surface area contributed by atoms with Gasteiger partial charge in [0.05, 0.1) is 0 Å². The zero-order chi connectivity index (χ0) is 12.6. The van der Waals surface area contributed by atoms with Gasteiger partial charge in [-0.2, -0.15) is 0 Å². The molecule has 0 aromatic carbocycles. The lowest BCUT2D eigenvalue weighted by Gasteiger charge is -2.37. The summed E-state index contributed by atoms with van der Waals surface area (Å²) in [6.07, 6.45) is 7.46. The van der Waals surface area contributed by atoms with Crippen LogP contribution >= 0.6 is 0 Å². The fraction of sp³-hybridized carbons (Fsp3) is 1.00. The van der Waals surface area contributed by atoms with Crippen molar-refractivity contribution >= 4 is 0 Å². The first kappa shape index (κ1) is 13.4.